The number of aryl methyl sites for hydroxylation is 1. The van der Waals surface area contributed by atoms with Gasteiger partial charge in [0.1, 0.15) is 5.01 Å². The molecule has 0 spiro atoms. The van der Waals surface area contributed by atoms with Crippen LogP contribution in [-0.2, 0) is 13.0 Å². The molecule has 1 aliphatic carbocycles. The third-order valence-electron chi connectivity index (χ3n) is 3.69. The van der Waals surface area contributed by atoms with E-state index >= 15 is 0 Å². The standard InChI is InChI=1S/C15H13ClN2S2/c16-14-7-9-10(5-6-12(9)19-14)17-8-15-18-11-3-1-2-4-13(11)20-15/h1-4,7,10,17H,5-6,8H2. The minimum atomic E-state index is 0.431. The van der Waals surface area contributed by atoms with Gasteiger partial charge in [-0.05, 0) is 36.6 Å². The van der Waals surface area contributed by atoms with Gasteiger partial charge in [-0.15, -0.1) is 22.7 Å². The fraction of sp³-hybridized carbons (Fsp3) is 0.267. The van der Waals surface area contributed by atoms with Crippen LogP contribution in [0.2, 0.25) is 4.34 Å². The summed E-state index contributed by atoms with van der Waals surface area (Å²) in [5.41, 5.74) is 2.49. The molecule has 1 unspecified atom stereocenters. The van der Waals surface area contributed by atoms with Crippen molar-refractivity contribution in [2.75, 3.05) is 0 Å². The van der Waals surface area contributed by atoms with Crippen LogP contribution in [-0.4, -0.2) is 4.98 Å². The Balaban J connectivity index is 1.50. The number of thiophene rings is 1. The highest BCUT2D eigenvalue weighted by Crippen LogP contribution is 2.39. The molecular weight excluding hydrogens is 308 g/mol. The molecule has 0 aliphatic heterocycles. The van der Waals surface area contributed by atoms with Gasteiger partial charge >= 0.3 is 0 Å². The summed E-state index contributed by atoms with van der Waals surface area (Å²) in [5.74, 6) is 0. The minimum Gasteiger partial charge on any atom is -0.303 e. The van der Waals surface area contributed by atoms with Crippen molar-refractivity contribution < 1.29 is 0 Å². The van der Waals surface area contributed by atoms with Gasteiger partial charge in [-0.3, -0.25) is 0 Å². The van der Waals surface area contributed by atoms with Gasteiger partial charge in [0, 0.05) is 17.5 Å². The molecule has 3 aromatic rings. The molecule has 1 aromatic carbocycles. The molecule has 2 heterocycles. The average Bonchev–Trinajstić information content (AvgIpc) is 3.09. The molecule has 1 N–H and O–H groups in total. The molecule has 0 saturated carbocycles. The molecule has 20 heavy (non-hydrogen) atoms. The van der Waals surface area contributed by atoms with Crippen molar-refractivity contribution in [2.45, 2.75) is 25.4 Å². The molecule has 0 bridgehead atoms. The average molecular weight is 321 g/mol. The van der Waals surface area contributed by atoms with Gasteiger partial charge < -0.3 is 5.32 Å². The second-order valence-electron chi connectivity index (χ2n) is 4.98. The second kappa shape index (κ2) is 5.11. The summed E-state index contributed by atoms with van der Waals surface area (Å²) in [5, 5.41) is 4.78. The number of nitrogens with zero attached hydrogens (tertiary/aromatic N) is 1. The molecular formula is C15H13ClN2S2. The van der Waals surface area contributed by atoms with E-state index in [-0.39, 0.29) is 0 Å². The van der Waals surface area contributed by atoms with Crippen molar-refractivity contribution in [3.8, 4) is 0 Å². The fourth-order valence-corrected chi connectivity index (χ4v) is 5.02. The smallest absolute Gasteiger partial charge is 0.108 e. The molecule has 0 saturated heterocycles. The lowest BCUT2D eigenvalue weighted by Gasteiger charge is -2.11. The highest BCUT2D eigenvalue weighted by Gasteiger charge is 2.24. The lowest BCUT2D eigenvalue weighted by Crippen LogP contribution is -2.18. The number of rotatable bonds is 3. The zero-order chi connectivity index (χ0) is 13.5. The van der Waals surface area contributed by atoms with E-state index in [0.717, 1.165) is 27.8 Å². The monoisotopic (exact) mass is 320 g/mol. The molecule has 0 fully saturated rings. The summed E-state index contributed by atoms with van der Waals surface area (Å²) < 4.78 is 2.16. The maximum atomic E-state index is 6.09. The van der Waals surface area contributed by atoms with Crippen LogP contribution in [0.3, 0.4) is 0 Å². The lowest BCUT2D eigenvalue weighted by atomic mass is 10.2. The Bertz CT molecular complexity index is 729. The summed E-state index contributed by atoms with van der Waals surface area (Å²) in [6.07, 6.45) is 2.31. The van der Waals surface area contributed by atoms with E-state index in [0.29, 0.717) is 6.04 Å². The number of para-hydroxylation sites is 1. The fourth-order valence-electron chi connectivity index (χ4n) is 2.75. The van der Waals surface area contributed by atoms with E-state index in [1.165, 1.54) is 21.6 Å². The van der Waals surface area contributed by atoms with Crippen LogP contribution in [0.25, 0.3) is 10.2 Å². The summed E-state index contributed by atoms with van der Waals surface area (Å²) in [6, 6.07) is 10.8. The Morgan fingerprint density at radius 3 is 3.10 bits per heavy atom. The van der Waals surface area contributed by atoms with Crippen LogP contribution in [0.5, 0.6) is 0 Å². The third-order valence-corrected chi connectivity index (χ3v) is 6.06. The highest BCUT2D eigenvalue weighted by molar-refractivity contribution is 7.18. The largest absolute Gasteiger partial charge is 0.303 e. The number of fused-ring (bicyclic) bond motifs is 2. The van der Waals surface area contributed by atoms with Gasteiger partial charge in [-0.2, -0.15) is 0 Å². The molecule has 2 aromatic heterocycles. The number of thiazole rings is 1. The van der Waals surface area contributed by atoms with Crippen molar-refractivity contribution in [1.82, 2.24) is 10.3 Å². The maximum Gasteiger partial charge on any atom is 0.108 e. The molecule has 1 atom stereocenters. The molecule has 2 nitrogen and oxygen atoms in total. The Morgan fingerprint density at radius 1 is 1.30 bits per heavy atom. The van der Waals surface area contributed by atoms with Gasteiger partial charge in [0.2, 0.25) is 0 Å². The predicted molar refractivity (Wildman–Crippen MR) is 86.9 cm³/mol. The number of nitrogens with one attached hydrogen (secondary N) is 1. The van der Waals surface area contributed by atoms with Crippen LogP contribution in [0.1, 0.15) is 27.9 Å². The molecule has 0 radical (unpaired) electrons. The summed E-state index contributed by atoms with van der Waals surface area (Å²) >= 11 is 9.58. The van der Waals surface area contributed by atoms with Crippen molar-refractivity contribution in [3.63, 3.8) is 0 Å². The number of benzene rings is 1. The van der Waals surface area contributed by atoms with Crippen LogP contribution in [0.4, 0.5) is 0 Å². The Hall–Kier alpha value is -0.940. The highest BCUT2D eigenvalue weighted by atomic mass is 35.5. The first kappa shape index (κ1) is 12.8. The van der Waals surface area contributed by atoms with Crippen molar-refractivity contribution in [2.24, 2.45) is 0 Å². The zero-order valence-electron chi connectivity index (χ0n) is 10.7. The van der Waals surface area contributed by atoms with Gasteiger partial charge in [0.15, 0.2) is 0 Å². The van der Waals surface area contributed by atoms with Crippen molar-refractivity contribution in [3.05, 3.63) is 50.1 Å². The van der Waals surface area contributed by atoms with Gasteiger partial charge in [0.25, 0.3) is 0 Å². The van der Waals surface area contributed by atoms with Gasteiger partial charge in [-0.25, -0.2) is 4.98 Å². The van der Waals surface area contributed by atoms with E-state index < -0.39 is 0 Å². The van der Waals surface area contributed by atoms with Crippen LogP contribution < -0.4 is 5.32 Å². The van der Waals surface area contributed by atoms with E-state index in [2.05, 4.69) is 34.6 Å². The Morgan fingerprint density at radius 2 is 2.20 bits per heavy atom. The predicted octanol–water partition coefficient (Wildman–Crippen LogP) is 4.79. The Kier molecular flexibility index (Phi) is 3.27. The zero-order valence-corrected chi connectivity index (χ0v) is 13.1. The minimum absolute atomic E-state index is 0.431. The topological polar surface area (TPSA) is 24.9 Å². The normalized spacial score (nSPS) is 17.8. The molecule has 0 amide bonds. The van der Waals surface area contributed by atoms with E-state index in [1.54, 1.807) is 22.7 Å². The molecule has 1 aliphatic rings. The quantitative estimate of drug-likeness (QED) is 0.750. The summed E-state index contributed by atoms with van der Waals surface area (Å²) in [4.78, 5) is 6.11. The van der Waals surface area contributed by atoms with E-state index in [1.807, 2.05) is 6.07 Å². The number of hydrogen-bond acceptors (Lipinski definition) is 4. The van der Waals surface area contributed by atoms with E-state index in [9.17, 15) is 0 Å². The lowest BCUT2D eigenvalue weighted by molar-refractivity contribution is 0.529. The maximum absolute atomic E-state index is 6.09. The summed E-state index contributed by atoms with van der Waals surface area (Å²) in [7, 11) is 0. The van der Waals surface area contributed by atoms with Crippen LogP contribution in [0.15, 0.2) is 30.3 Å². The first-order valence-corrected chi connectivity index (χ1v) is 8.66. The van der Waals surface area contributed by atoms with Gasteiger partial charge in [0.05, 0.1) is 14.6 Å². The summed E-state index contributed by atoms with van der Waals surface area (Å²) in [6.45, 7) is 0.830. The van der Waals surface area contributed by atoms with Crippen molar-refractivity contribution in [1.29, 1.82) is 0 Å². The second-order valence-corrected chi connectivity index (χ2v) is 7.86. The molecule has 4 rings (SSSR count). The molecule has 102 valence electrons. The van der Waals surface area contributed by atoms with Crippen LogP contribution in [0, 0.1) is 0 Å². The number of aromatic nitrogens is 1. The number of hydrogen-bond donors (Lipinski definition) is 1. The first-order chi connectivity index (χ1) is 9.79. The van der Waals surface area contributed by atoms with Crippen molar-refractivity contribution >= 4 is 44.5 Å². The Labute approximate surface area is 130 Å². The number of halogens is 1. The first-order valence-electron chi connectivity index (χ1n) is 6.65. The SMILES string of the molecule is Clc1cc2c(s1)CCC2NCc1nc2ccccc2s1. The van der Waals surface area contributed by atoms with E-state index in [4.69, 9.17) is 11.6 Å². The van der Waals surface area contributed by atoms with Gasteiger partial charge in [-0.1, -0.05) is 23.7 Å². The third kappa shape index (κ3) is 2.27. The van der Waals surface area contributed by atoms with Crippen LogP contribution >= 0.6 is 34.3 Å². The molecule has 5 heteroatoms.